The summed E-state index contributed by atoms with van der Waals surface area (Å²) in [6, 6.07) is 4.29. The molecule has 1 aliphatic carbocycles. The van der Waals surface area contributed by atoms with Gasteiger partial charge in [0, 0.05) is 30.9 Å². The van der Waals surface area contributed by atoms with Gasteiger partial charge < -0.3 is 19.9 Å². The van der Waals surface area contributed by atoms with Gasteiger partial charge in [0.25, 0.3) is 0 Å². The van der Waals surface area contributed by atoms with Crippen molar-refractivity contribution in [2.75, 3.05) is 38.2 Å². The Labute approximate surface area is 192 Å². The number of nitriles is 1. The summed E-state index contributed by atoms with van der Waals surface area (Å²) in [5, 5.41) is 18.5. The molecular formula is C23H28N8O2. The van der Waals surface area contributed by atoms with Crippen molar-refractivity contribution < 1.29 is 9.53 Å². The molecule has 2 aliphatic rings. The number of ether oxygens (including phenoxy) is 1. The highest BCUT2D eigenvalue weighted by Crippen LogP contribution is 2.38. The van der Waals surface area contributed by atoms with Crippen LogP contribution in [0.15, 0.2) is 24.8 Å². The Kier molecular flexibility index (Phi) is 6.21. The van der Waals surface area contributed by atoms with Gasteiger partial charge in [-0.05, 0) is 24.8 Å². The van der Waals surface area contributed by atoms with Crippen molar-refractivity contribution in [2.24, 2.45) is 5.92 Å². The van der Waals surface area contributed by atoms with Crippen LogP contribution in [0.3, 0.4) is 0 Å². The average Bonchev–Trinajstić information content (AvgIpc) is 3.62. The SMILES string of the molecule is N#CCC(C1CCCC1)n1cc(-c2ncnc3[nH]ccc23)c(NCC(=O)N2CCOCC2)n1. The van der Waals surface area contributed by atoms with Gasteiger partial charge in [0.15, 0.2) is 5.82 Å². The summed E-state index contributed by atoms with van der Waals surface area (Å²) in [4.78, 5) is 26.5. The third kappa shape index (κ3) is 4.41. The maximum absolute atomic E-state index is 12.7. The monoisotopic (exact) mass is 448 g/mol. The zero-order valence-corrected chi connectivity index (χ0v) is 18.5. The quantitative estimate of drug-likeness (QED) is 0.569. The summed E-state index contributed by atoms with van der Waals surface area (Å²) in [5.74, 6) is 1.04. The van der Waals surface area contributed by atoms with Crippen LogP contribution >= 0.6 is 0 Å². The van der Waals surface area contributed by atoms with E-state index < -0.39 is 0 Å². The number of H-pyrrole nitrogens is 1. The number of carbonyl (C=O) groups excluding carboxylic acids is 1. The molecule has 1 atom stereocenters. The Hall–Kier alpha value is -3.45. The smallest absolute Gasteiger partial charge is 0.242 e. The maximum atomic E-state index is 12.7. The van der Waals surface area contributed by atoms with Crippen molar-refractivity contribution in [1.29, 1.82) is 5.26 Å². The fraction of sp³-hybridized carbons (Fsp3) is 0.522. The summed E-state index contributed by atoms with van der Waals surface area (Å²) >= 11 is 0. The molecule has 0 radical (unpaired) electrons. The van der Waals surface area contributed by atoms with Crippen molar-refractivity contribution in [2.45, 2.75) is 38.1 Å². The molecular weight excluding hydrogens is 420 g/mol. The number of hydrogen-bond donors (Lipinski definition) is 2. The van der Waals surface area contributed by atoms with Crippen molar-refractivity contribution in [3.05, 3.63) is 24.8 Å². The molecule has 2 N–H and O–H groups in total. The van der Waals surface area contributed by atoms with Crippen LogP contribution in [0, 0.1) is 17.2 Å². The Morgan fingerprint density at radius 3 is 2.91 bits per heavy atom. The van der Waals surface area contributed by atoms with E-state index in [1.807, 2.05) is 23.1 Å². The van der Waals surface area contributed by atoms with Crippen molar-refractivity contribution in [1.82, 2.24) is 29.6 Å². The van der Waals surface area contributed by atoms with Gasteiger partial charge in [0.1, 0.15) is 12.0 Å². The van der Waals surface area contributed by atoms with E-state index in [4.69, 9.17) is 9.84 Å². The van der Waals surface area contributed by atoms with E-state index in [-0.39, 0.29) is 18.5 Å². The molecule has 1 aliphatic heterocycles. The minimum atomic E-state index is 0.00491. The maximum Gasteiger partial charge on any atom is 0.242 e. The second kappa shape index (κ2) is 9.58. The minimum absolute atomic E-state index is 0.00491. The topological polar surface area (TPSA) is 125 Å². The van der Waals surface area contributed by atoms with Crippen LogP contribution in [-0.2, 0) is 9.53 Å². The average molecular weight is 449 g/mol. The van der Waals surface area contributed by atoms with E-state index in [9.17, 15) is 10.1 Å². The fourth-order valence-corrected chi connectivity index (χ4v) is 4.95. The van der Waals surface area contributed by atoms with Crippen molar-refractivity contribution in [3.8, 4) is 17.3 Å². The lowest BCUT2D eigenvalue weighted by molar-refractivity contribution is -0.133. The normalized spacial score (nSPS) is 17.8. The molecule has 33 heavy (non-hydrogen) atoms. The summed E-state index contributed by atoms with van der Waals surface area (Å²) in [6.45, 7) is 2.47. The van der Waals surface area contributed by atoms with Gasteiger partial charge >= 0.3 is 0 Å². The lowest BCUT2D eigenvalue weighted by Crippen LogP contribution is -2.43. The fourth-order valence-electron chi connectivity index (χ4n) is 4.95. The molecule has 4 heterocycles. The zero-order valence-electron chi connectivity index (χ0n) is 18.5. The number of hydrogen-bond acceptors (Lipinski definition) is 7. The van der Waals surface area contributed by atoms with Gasteiger partial charge in [-0.3, -0.25) is 9.48 Å². The molecule has 5 rings (SSSR count). The molecule has 1 saturated carbocycles. The number of nitrogens with zero attached hydrogens (tertiary/aromatic N) is 6. The first-order valence-electron chi connectivity index (χ1n) is 11.6. The lowest BCUT2D eigenvalue weighted by Gasteiger charge is -2.26. The number of aromatic amines is 1. The first kappa shape index (κ1) is 21.4. The number of carbonyl (C=O) groups is 1. The Balaban J connectivity index is 1.48. The van der Waals surface area contributed by atoms with E-state index in [0.29, 0.717) is 44.5 Å². The van der Waals surface area contributed by atoms with E-state index in [0.717, 1.165) is 35.1 Å². The number of nitrogens with one attached hydrogen (secondary N) is 2. The Morgan fingerprint density at radius 2 is 2.12 bits per heavy atom. The molecule has 3 aromatic rings. The molecule has 1 saturated heterocycles. The number of rotatable bonds is 7. The second-order valence-corrected chi connectivity index (χ2v) is 8.65. The molecule has 0 spiro atoms. The van der Waals surface area contributed by atoms with Crippen molar-refractivity contribution in [3.63, 3.8) is 0 Å². The number of fused-ring (bicyclic) bond motifs is 1. The molecule has 0 aromatic carbocycles. The predicted octanol–water partition coefficient (Wildman–Crippen LogP) is 2.74. The summed E-state index contributed by atoms with van der Waals surface area (Å²) in [7, 11) is 0. The largest absolute Gasteiger partial charge is 0.378 e. The van der Waals surface area contributed by atoms with Crippen LogP contribution in [-0.4, -0.2) is 68.4 Å². The van der Waals surface area contributed by atoms with Crippen LogP contribution in [0.5, 0.6) is 0 Å². The van der Waals surface area contributed by atoms with E-state index >= 15 is 0 Å². The highest BCUT2D eigenvalue weighted by molar-refractivity contribution is 5.94. The second-order valence-electron chi connectivity index (χ2n) is 8.65. The lowest BCUT2D eigenvalue weighted by atomic mass is 9.96. The molecule has 10 nitrogen and oxygen atoms in total. The van der Waals surface area contributed by atoms with Gasteiger partial charge in [-0.15, -0.1) is 0 Å². The molecule has 172 valence electrons. The number of morpholine rings is 1. The predicted molar refractivity (Wildman–Crippen MR) is 122 cm³/mol. The highest BCUT2D eigenvalue weighted by atomic mass is 16.5. The highest BCUT2D eigenvalue weighted by Gasteiger charge is 2.29. The van der Waals surface area contributed by atoms with Crippen LogP contribution in [0.1, 0.15) is 38.1 Å². The Morgan fingerprint density at radius 1 is 1.30 bits per heavy atom. The molecule has 10 heteroatoms. The molecule has 1 unspecified atom stereocenters. The molecule has 2 fully saturated rings. The van der Waals surface area contributed by atoms with Gasteiger partial charge in [-0.2, -0.15) is 10.4 Å². The first-order valence-corrected chi connectivity index (χ1v) is 11.6. The number of aromatic nitrogens is 5. The zero-order chi connectivity index (χ0) is 22.6. The Bertz CT molecular complexity index is 1150. The number of amides is 1. The van der Waals surface area contributed by atoms with Gasteiger partial charge in [-0.25, -0.2) is 9.97 Å². The summed E-state index contributed by atoms with van der Waals surface area (Å²) in [5.41, 5.74) is 2.29. The first-order chi connectivity index (χ1) is 16.2. The van der Waals surface area contributed by atoms with E-state index in [2.05, 4.69) is 26.3 Å². The van der Waals surface area contributed by atoms with Gasteiger partial charge in [0.05, 0.1) is 49.5 Å². The van der Waals surface area contributed by atoms with Crippen LogP contribution < -0.4 is 5.32 Å². The van der Waals surface area contributed by atoms with Crippen LogP contribution in [0.25, 0.3) is 22.3 Å². The standard InChI is InChI=1S/C23H28N8O2/c24-7-5-19(16-3-1-2-4-16)31-14-18(21-17-6-8-25-22(17)28-15-27-21)23(29-31)26-13-20(32)30-9-11-33-12-10-30/h6,8,14-16,19H,1-5,9-13H2,(H,26,29)(H,25,27,28). The van der Waals surface area contributed by atoms with Crippen LogP contribution in [0.4, 0.5) is 5.82 Å². The summed E-state index contributed by atoms with van der Waals surface area (Å²) < 4.78 is 7.26. The molecule has 0 bridgehead atoms. The van der Waals surface area contributed by atoms with Crippen molar-refractivity contribution >= 4 is 22.8 Å². The third-order valence-electron chi connectivity index (χ3n) is 6.70. The minimum Gasteiger partial charge on any atom is -0.378 e. The number of anilines is 1. The summed E-state index contributed by atoms with van der Waals surface area (Å²) in [6.07, 6.45) is 10.3. The van der Waals surface area contributed by atoms with E-state index in [1.54, 1.807) is 4.90 Å². The van der Waals surface area contributed by atoms with Crippen LogP contribution in [0.2, 0.25) is 0 Å². The van der Waals surface area contributed by atoms with Gasteiger partial charge in [0.2, 0.25) is 5.91 Å². The third-order valence-corrected chi connectivity index (χ3v) is 6.70. The van der Waals surface area contributed by atoms with Gasteiger partial charge in [-0.1, -0.05) is 12.8 Å². The molecule has 3 aromatic heterocycles. The molecule has 1 amide bonds. The van der Waals surface area contributed by atoms with E-state index in [1.165, 1.54) is 19.2 Å².